The van der Waals surface area contributed by atoms with Gasteiger partial charge in [-0.1, -0.05) is 86.6 Å². The molecule has 73 heavy (non-hydrogen) atoms. The summed E-state index contributed by atoms with van der Waals surface area (Å²) in [4.78, 5) is 73.1. The number of carbonyl (C=O) groups excluding carboxylic acids is 4. The summed E-state index contributed by atoms with van der Waals surface area (Å²) in [5.41, 5.74) is 0.705. The first kappa shape index (κ1) is 52.8. The second-order valence-corrected chi connectivity index (χ2v) is 15.6. The van der Waals surface area contributed by atoms with Crippen LogP contribution in [0.4, 0.5) is 34.1 Å². The normalized spacial score (nSPS) is 10.9. The molecule has 8 aromatic carbocycles. The zero-order valence-electron chi connectivity index (χ0n) is 39.6. The van der Waals surface area contributed by atoms with Crippen molar-refractivity contribution in [1.29, 1.82) is 0 Å². The summed E-state index contributed by atoms with van der Waals surface area (Å²) in [7, 11) is 0. The third kappa shape index (κ3) is 11.9. The third-order valence-electron chi connectivity index (χ3n) is 11.0. The molecule has 18 nitrogen and oxygen atoms in total. The van der Waals surface area contributed by atoms with Gasteiger partial charge in [-0.3, -0.25) is 19.2 Å². The Balaban J connectivity index is 0.000000267. The largest absolute Gasteiger partial charge is 1.00 e. The monoisotopic (exact) mass is 1020 g/mol. The molecule has 0 unspecified atom stereocenters. The molecule has 0 atom stereocenters. The Morgan fingerprint density at radius 3 is 1.15 bits per heavy atom. The van der Waals surface area contributed by atoms with Gasteiger partial charge in [0.05, 0.1) is 22.5 Å². The zero-order valence-corrected chi connectivity index (χ0v) is 39.9. The summed E-state index contributed by atoms with van der Waals surface area (Å²) in [6.07, 6.45) is 0.511. The first-order valence-corrected chi connectivity index (χ1v) is 21.9. The van der Waals surface area contributed by atoms with Crippen molar-refractivity contribution in [2.24, 2.45) is 20.5 Å². The summed E-state index contributed by atoms with van der Waals surface area (Å²) in [6, 6.07) is 36.0. The minimum Gasteiger partial charge on any atom is -0.506 e. The molecule has 2 amide bonds. The van der Waals surface area contributed by atoms with Crippen LogP contribution in [-0.2, 0) is 27.0 Å². The number of anilines is 2. The number of aromatic carboxylic acids is 2. The van der Waals surface area contributed by atoms with Gasteiger partial charge in [0.25, 0.3) is 0 Å². The van der Waals surface area contributed by atoms with Crippen LogP contribution in [0.1, 0.15) is 80.7 Å². The van der Waals surface area contributed by atoms with Crippen molar-refractivity contribution in [3.05, 3.63) is 179 Å². The van der Waals surface area contributed by atoms with Crippen LogP contribution in [0, 0.1) is 0 Å². The Bertz CT molecular complexity index is 3340. The van der Waals surface area contributed by atoms with E-state index in [1.54, 1.807) is 74.5 Å². The van der Waals surface area contributed by atoms with Crippen LogP contribution in [0.3, 0.4) is 0 Å². The van der Waals surface area contributed by atoms with Crippen molar-refractivity contribution in [2.45, 2.75) is 26.7 Å². The average molecular weight is 1020 g/mol. The van der Waals surface area contributed by atoms with Crippen molar-refractivity contribution in [2.75, 3.05) is 10.6 Å². The molecule has 8 N–H and O–H groups in total. The minimum atomic E-state index is -1.24. The van der Waals surface area contributed by atoms with Crippen molar-refractivity contribution in [3.63, 3.8) is 0 Å². The molecule has 0 aliphatic rings. The second kappa shape index (κ2) is 23.4. The topological polar surface area (TPSA) is 297 Å². The number of fused-ring (bicyclic) bond motifs is 2. The minimum absolute atomic E-state index is 0. The molecule has 0 saturated carbocycles. The molecular weight excluding hydrogens is 977 g/mol. The van der Waals surface area contributed by atoms with E-state index in [9.17, 15) is 59.4 Å². The zero-order chi connectivity index (χ0) is 51.6. The molecule has 0 bridgehead atoms. The van der Waals surface area contributed by atoms with Crippen molar-refractivity contribution < 1.29 is 78.2 Å². The number of aromatic hydroxyl groups is 4. The Morgan fingerprint density at radius 2 is 0.795 bits per heavy atom. The van der Waals surface area contributed by atoms with E-state index in [1.165, 1.54) is 84.9 Å². The predicted molar refractivity (Wildman–Crippen MR) is 268 cm³/mol. The summed E-state index contributed by atoms with van der Waals surface area (Å²) < 4.78 is 0. The molecule has 0 fully saturated rings. The molecule has 0 saturated heterocycles. The van der Waals surface area contributed by atoms with E-state index in [2.05, 4.69) is 31.1 Å². The number of benzene rings is 8. The maximum absolute atomic E-state index is 13.0. The molecule has 0 aliphatic heterocycles. The van der Waals surface area contributed by atoms with Gasteiger partial charge in [0, 0.05) is 63.2 Å². The third-order valence-corrected chi connectivity index (χ3v) is 11.0. The number of azo groups is 2. The first-order chi connectivity index (χ1) is 34.6. The average Bonchev–Trinajstić information content (AvgIpc) is 3.38. The smallest absolute Gasteiger partial charge is 0.506 e. The van der Waals surface area contributed by atoms with E-state index in [-0.39, 0.29) is 123 Å². The molecule has 366 valence electrons. The predicted octanol–water partition coefficient (Wildman–Crippen LogP) is 12.0. The maximum Gasteiger partial charge on any atom is 1.00 e. The Hall–Kier alpha value is -9.57. The van der Waals surface area contributed by atoms with Crippen LogP contribution in [0.15, 0.2) is 166 Å². The number of phenols is 4. The van der Waals surface area contributed by atoms with E-state index >= 15 is 0 Å². The molecule has 8 aromatic rings. The van der Waals surface area contributed by atoms with Gasteiger partial charge in [-0.15, -0.1) is 20.5 Å². The van der Waals surface area contributed by atoms with Crippen molar-refractivity contribution in [1.82, 2.24) is 0 Å². The van der Waals surface area contributed by atoms with Crippen molar-refractivity contribution >= 4 is 91.0 Å². The van der Waals surface area contributed by atoms with Gasteiger partial charge in [0.2, 0.25) is 11.8 Å². The molecule has 0 spiro atoms. The number of nitrogens with zero attached hydrogens (tertiary/aromatic N) is 4. The van der Waals surface area contributed by atoms with Crippen molar-refractivity contribution in [3.8, 4) is 23.0 Å². The van der Waals surface area contributed by atoms with Gasteiger partial charge in [-0.05, 0) is 83.6 Å². The fourth-order valence-corrected chi connectivity index (χ4v) is 7.33. The molecular formula is C54H43CrN6O12+. The first-order valence-electron chi connectivity index (χ1n) is 21.9. The number of ketones is 2. The van der Waals surface area contributed by atoms with Crippen LogP contribution in [-0.4, -0.2) is 66.0 Å². The standard InChI is InChI=1S/2C27H21N3O6.Cr/c2*1-2-23(33)28-19-9-5-6-15-10-13-22(32)25(24(15)19)30-29-20-14-16(11-12-21(20)31)26(34)17-7-3-4-8-18(17)27(35)36;/h2*3-14,31-32H,2H2,1H3,(H,28,33)(H,35,36);/p+1. The van der Waals surface area contributed by atoms with E-state index in [1.807, 2.05) is 0 Å². The number of hydrogen-bond donors (Lipinski definition) is 8. The van der Waals surface area contributed by atoms with Crippen LogP contribution >= 0.6 is 0 Å². The Morgan fingerprint density at radius 1 is 0.438 bits per heavy atom. The summed E-state index contributed by atoms with van der Waals surface area (Å²) in [5, 5.41) is 84.7. The Labute approximate surface area is 427 Å². The van der Waals surface area contributed by atoms with E-state index in [0.29, 0.717) is 32.9 Å². The summed E-state index contributed by atoms with van der Waals surface area (Å²) in [6.45, 7) is 3.43. The second-order valence-electron chi connectivity index (χ2n) is 15.6. The van der Waals surface area contributed by atoms with E-state index in [0.717, 1.165) is 0 Å². The molecule has 0 aliphatic carbocycles. The molecule has 0 heterocycles. The Kier molecular flexibility index (Phi) is 16.9. The van der Waals surface area contributed by atoms with Gasteiger partial charge in [0.15, 0.2) is 11.6 Å². The van der Waals surface area contributed by atoms with Gasteiger partial charge >= 0.3 is 13.4 Å². The number of hydrogen-bond acceptors (Lipinski definition) is 14. The number of carboxylic acids is 2. The molecule has 0 radical (unpaired) electrons. The molecule has 0 aromatic heterocycles. The van der Waals surface area contributed by atoms with Crippen LogP contribution in [0.5, 0.6) is 23.0 Å². The molecule has 8 rings (SSSR count). The number of nitrogens with one attached hydrogen (secondary N) is 2. The quantitative estimate of drug-likeness (QED) is 0.0373. The number of rotatable bonds is 14. The SMILES string of the molecule is CCC(=O)Nc1cccc2ccc(O)c(N=Nc3cc(C(=O)c4ccccc4C(=O)O)ccc3O)c12.CCC(=O)Nc1cccc2ccc(O)c(N=Nc3cc(C(=O)c4ccccc4C(=O)O)ccc3O)c12.[Cr].[H+]. The number of phenolic OH excluding ortho intramolecular Hbond substituents is 4. The van der Waals surface area contributed by atoms with Crippen LogP contribution in [0.25, 0.3) is 21.5 Å². The van der Waals surface area contributed by atoms with Gasteiger partial charge in [0.1, 0.15) is 45.7 Å². The molecule has 19 heteroatoms. The number of carboxylic acid groups (broad SMARTS) is 2. The number of amides is 2. The van der Waals surface area contributed by atoms with Gasteiger partial charge < -0.3 is 41.3 Å². The van der Waals surface area contributed by atoms with E-state index < -0.39 is 23.5 Å². The fourth-order valence-electron chi connectivity index (χ4n) is 7.33. The summed E-state index contributed by atoms with van der Waals surface area (Å²) >= 11 is 0. The van der Waals surface area contributed by atoms with Crippen LogP contribution < -0.4 is 10.6 Å². The maximum atomic E-state index is 13.0. The number of carbonyl (C=O) groups is 6. The van der Waals surface area contributed by atoms with Gasteiger partial charge in [-0.25, -0.2) is 9.59 Å². The van der Waals surface area contributed by atoms with Gasteiger partial charge in [-0.2, -0.15) is 0 Å². The summed E-state index contributed by atoms with van der Waals surface area (Å²) in [5.74, 6) is -5.02. The van der Waals surface area contributed by atoms with E-state index in [4.69, 9.17) is 0 Å². The van der Waals surface area contributed by atoms with Crippen LogP contribution in [0.2, 0.25) is 0 Å². The fraction of sp³-hybridized carbons (Fsp3) is 0.0741.